The Morgan fingerprint density at radius 2 is 2.21 bits per heavy atom. The largest absolute Gasteiger partial charge is 0.378 e. The van der Waals surface area contributed by atoms with Crippen LogP contribution in [0.25, 0.3) is 0 Å². The van der Waals surface area contributed by atoms with Gasteiger partial charge in [-0.05, 0) is 57.3 Å². The van der Waals surface area contributed by atoms with Gasteiger partial charge in [0, 0.05) is 24.6 Å². The van der Waals surface area contributed by atoms with E-state index in [2.05, 4.69) is 34.8 Å². The zero-order valence-corrected chi connectivity index (χ0v) is 12.8. The second-order valence-electron chi connectivity index (χ2n) is 5.31. The van der Waals surface area contributed by atoms with Crippen molar-refractivity contribution in [2.45, 2.75) is 31.8 Å². The number of hydrogen-bond donors (Lipinski definition) is 1. The predicted octanol–water partition coefficient (Wildman–Crippen LogP) is 2.38. The van der Waals surface area contributed by atoms with Crippen molar-refractivity contribution in [3.63, 3.8) is 0 Å². The fourth-order valence-corrected chi connectivity index (χ4v) is 3.11. The fraction of sp³-hybridized carbons (Fsp3) is 0.733. The van der Waals surface area contributed by atoms with Gasteiger partial charge in [0.1, 0.15) is 0 Å². The van der Waals surface area contributed by atoms with E-state index in [1.54, 1.807) is 0 Å². The van der Waals surface area contributed by atoms with Crippen molar-refractivity contribution >= 4 is 11.3 Å². The maximum Gasteiger partial charge on any atom is 0.0599 e. The highest BCUT2D eigenvalue weighted by Gasteiger charge is 2.12. The van der Waals surface area contributed by atoms with Crippen LogP contribution in [-0.4, -0.2) is 50.8 Å². The van der Waals surface area contributed by atoms with Crippen molar-refractivity contribution < 1.29 is 4.74 Å². The number of thiophene rings is 1. The molecule has 0 spiro atoms. The van der Waals surface area contributed by atoms with Gasteiger partial charge in [-0.15, -0.1) is 11.3 Å². The highest BCUT2D eigenvalue weighted by Crippen LogP contribution is 2.10. The molecule has 19 heavy (non-hydrogen) atoms. The molecule has 1 fully saturated rings. The highest BCUT2D eigenvalue weighted by atomic mass is 32.1. The summed E-state index contributed by atoms with van der Waals surface area (Å²) >= 11 is 1.85. The molecule has 1 N–H and O–H groups in total. The van der Waals surface area contributed by atoms with Crippen LogP contribution in [0.2, 0.25) is 0 Å². The number of hydrogen-bond acceptors (Lipinski definition) is 4. The van der Waals surface area contributed by atoms with E-state index in [1.165, 1.54) is 24.1 Å². The summed E-state index contributed by atoms with van der Waals surface area (Å²) in [5, 5.41) is 5.52. The van der Waals surface area contributed by atoms with Crippen molar-refractivity contribution in [1.29, 1.82) is 0 Å². The third-order valence-corrected chi connectivity index (χ3v) is 4.58. The lowest BCUT2D eigenvalue weighted by Gasteiger charge is -2.23. The van der Waals surface area contributed by atoms with Crippen molar-refractivity contribution in [1.82, 2.24) is 10.2 Å². The third kappa shape index (κ3) is 6.04. The average molecular weight is 282 g/mol. The van der Waals surface area contributed by atoms with Gasteiger partial charge in [-0.25, -0.2) is 0 Å². The molecule has 1 aromatic heterocycles. The molecule has 1 aliphatic heterocycles. The van der Waals surface area contributed by atoms with E-state index < -0.39 is 0 Å². The lowest BCUT2D eigenvalue weighted by Crippen LogP contribution is -2.33. The molecule has 4 heteroatoms. The second-order valence-corrected chi connectivity index (χ2v) is 6.34. The Labute approximate surface area is 121 Å². The van der Waals surface area contributed by atoms with Gasteiger partial charge in [0.25, 0.3) is 0 Å². The van der Waals surface area contributed by atoms with Gasteiger partial charge in [0.15, 0.2) is 0 Å². The van der Waals surface area contributed by atoms with Crippen molar-refractivity contribution in [2.75, 3.05) is 39.8 Å². The molecule has 1 saturated heterocycles. The lowest BCUT2D eigenvalue weighted by atomic mass is 10.1. The SMILES string of the molecule is CN(CCCOC1CCNCC1)CCc1cccs1. The van der Waals surface area contributed by atoms with E-state index in [0.717, 1.165) is 39.2 Å². The van der Waals surface area contributed by atoms with E-state index >= 15 is 0 Å². The molecular weight excluding hydrogens is 256 g/mol. The summed E-state index contributed by atoms with van der Waals surface area (Å²) in [6.07, 6.45) is 5.16. The van der Waals surface area contributed by atoms with Gasteiger partial charge in [-0.1, -0.05) is 6.07 Å². The standard InChI is InChI=1S/C15H26N2OS/c1-17(11-7-15-4-2-13-19-15)10-3-12-18-14-5-8-16-9-6-14/h2,4,13-14,16H,3,5-12H2,1H3. The zero-order chi connectivity index (χ0) is 13.3. The molecule has 2 rings (SSSR count). The topological polar surface area (TPSA) is 24.5 Å². The quantitative estimate of drug-likeness (QED) is 0.741. The summed E-state index contributed by atoms with van der Waals surface area (Å²) in [7, 11) is 2.21. The third-order valence-electron chi connectivity index (χ3n) is 3.64. The van der Waals surface area contributed by atoms with E-state index in [9.17, 15) is 0 Å². The first kappa shape index (κ1) is 15.0. The van der Waals surface area contributed by atoms with Crippen LogP contribution in [0.15, 0.2) is 17.5 Å². The van der Waals surface area contributed by atoms with Gasteiger partial charge < -0.3 is 15.0 Å². The van der Waals surface area contributed by atoms with E-state index in [4.69, 9.17) is 4.74 Å². The van der Waals surface area contributed by atoms with Crippen LogP contribution in [0.1, 0.15) is 24.1 Å². The number of piperidine rings is 1. The van der Waals surface area contributed by atoms with Crippen LogP contribution in [-0.2, 0) is 11.2 Å². The first-order valence-corrected chi connectivity index (χ1v) is 8.26. The monoisotopic (exact) mass is 282 g/mol. The predicted molar refractivity (Wildman–Crippen MR) is 82.0 cm³/mol. The molecular formula is C15H26N2OS. The Kier molecular flexibility index (Phi) is 6.85. The van der Waals surface area contributed by atoms with Crippen molar-refractivity contribution in [3.8, 4) is 0 Å². The fourth-order valence-electron chi connectivity index (χ4n) is 2.41. The minimum absolute atomic E-state index is 0.498. The molecule has 1 aromatic rings. The summed E-state index contributed by atoms with van der Waals surface area (Å²) in [5.74, 6) is 0. The summed E-state index contributed by atoms with van der Waals surface area (Å²) in [6, 6.07) is 4.35. The minimum Gasteiger partial charge on any atom is -0.378 e. The van der Waals surface area contributed by atoms with Gasteiger partial charge in [0.05, 0.1) is 6.10 Å². The maximum atomic E-state index is 5.92. The zero-order valence-electron chi connectivity index (χ0n) is 11.9. The summed E-state index contributed by atoms with van der Waals surface area (Å²) < 4.78 is 5.92. The Hall–Kier alpha value is -0.420. The molecule has 0 aromatic carbocycles. The first-order chi connectivity index (χ1) is 9.34. The Morgan fingerprint density at radius 3 is 2.95 bits per heavy atom. The molecule has 2 heterocycles. The molecule has 1 aliphatic rings. The van der Waals surface area contributed by atoms with Gasteiger partial charge >= 0.3 is 0 Å². The number of nitrogens with one attached hydrogen (secondary N) is 1. The van der Waals surface area contributed by atoms with Crippen molar-refractivity contribution in [3.05, 3.63) is 22.4 Å². The van der Waals surface area contributed by atoms with Crippen LogP contribution in [0.3, 0.4) is 0 Å². The minimum atomic E-state index is 0.498. The summed E-state index contributed by atoms with van der Waals surface area (Å²) in [5.41, 5.74) is 0. The van der Waals surface area contributed by atoms with Gasteiger partial charge in [-0.3, -0.25) is 0 Å². The molecule has 0 saturated carbocycles. The molecule has 0 aliphatic carbocycles. The summed E-state index contributed by atoms with van der Waals surface area (Å²) in [4.78, 5) is 3.89. The molecule has 0 atom stereocenters. The van der Waals surface area contributed by atoms with Crippen LogP contribution in [0.4, 0.5) is 0 Å². The molecule has 0 unspecified atom stereocenters. The number of rotatable bonds is 8. The Balaban J connectivity index is 1.48. The number of likely N-dealkylation sites (N-methyl/N-ethyl adjacent to an activating group) is 1. The van der Waals surface area contributed by atoms with E-state index in [1.807, 2.05) is 11.3 Å². The van der Waals surface area contributed by atoms with Crippen LogP contribution in [0, 0.1) is 0 Å². The average Bonchev–Trinajstić information content (AvgIpc) is 2.96. The van der Waals surface area contributed by atoms with Crippen molar-refractivity contribution in [2.24, 2.45) is 0 Å². The molecule has 0 bridgehead atoms. The Bertz CT molecular complexity index is 323. The van der Waals surface area contributed by atoms with Gasteiger partial charge in [0.2, 0.25) is 0 Å². The lowest BCUT2D eigenvalue weighted by molar-refractivity contribution is 0.0287. The highest BCUT2D eigenvalue weighted by molar-refractivity contribution is 7.09. The van der Waals surface area contributed by atoms with Crippen LogP contribution >= 0.6 is 11.3 Å². The smallest absolute Gasteiger partial charge is 0.0599 e. The first-order valence-electron chi connectivity index (χ1n) is 7.38. The number of ether oxygens (including phenoxy) is 1. The van der Waals surface area contributed by atoms with Crippen LogP contribution < -0.4 is 5.32 Å². The molecule has 0 amide bonds. The molecule has 3 nitrogen and oxygen atoms in total. The van der Waals surface area contributed by atoms with Crippen LogP contribution in [0.5, 0.6) is 0 Å². The Morgan fingerprint density at radius 1 is 1.37 bits per heavy atom. The molecule has 108 valence electrons. The van der Waals surface area contributed by atoms with E-state index in [-0.39, 0.29) is 0 Å². The number of nitrogens with zero attached hydrogens (tertiary/aromatic N) is 1. The van der Waals surface area contributed by atoms with Gasteiger partial charge in [-0.2, -0.15) is 0 Å². The second kappa shape index (κ2) is 8.69. The molecule has 0 radical (unpaired) electrons. The maximum absolute atomic E-state index is 5.92. The van der Waals surface area contributed by atoms with E-state index in [0.29, 0.717) is 6.10 Å². The normalized spacial score (nSPS) is 17.2. The summed E-state index contributed by atoms with van der Waals surface area (Å²) in [6.45, 7) is 5.43.